The van der Waals surface area contributed by atoms with Crippen LogP contribution in [0.3, 0.4) is 0 Å². The van der Waals surface area contributed by atoms with Crippen LogP contribution in [0.4, 0.5) is 0 Å². The Morgan fingerprint density at radius 2 is 2.26 bits per heavy atom. The first-order valence-corrected chi connectivity index (χ1v) is 7.79. The Morgan fingerprint density at radius 3 is 2.74 bits per heavy atom. The van der Waals surface area contributed by atoms with Gasteiger partial charge in [0.15, 0.2) is 0 Å². The monoisotopic (exact) mass is 288 g/mol. The molecule has 0 aromatic carbocycles. The first-order chi connectivity index (χ1) is 9.02. The largest absolute Gasteiger partial charge is 0.390 e. The van der Waals surface area contributed by atoms with Crippen molar-refractivity contribution < 1.29 is 18.3 Å². The molecule has 1 saturated heterocycles. The second-order valence-corrected chi connectivity index (χ2v) is 6.56. The smallest absolute Gasteiger partial charge is 0.244 e. The third-order valence-corrected chi connectivity index (χ3v) is 5.37. The van der Waals surface area contributed by atoms with Gasteiger partial charge in [0.05, 0.1) is 12.7 Å². The number of nitrogens with zero attached hydrogens (tertiary/aromatic N) is 2. The van der Waals surface area contributed by atoms with Gasteiger partial charge in [-0.05, 0) is 19.4 Å². The molecule has 0 spiro atoms. The maximum atomic E-state index is 12.5. The van der Waals surface area contributed by atoms with Gasteiger partial charge in [-0.1, -0.05) is 0 Å². The van der Waals surface area contributed by atoms with E-state index in [0.29, 0.717) is 25.3 Å². The van der Waals surface area contributed by atoms with Gasteiger partial charge in [-0.3, -0.25) is 0 Å². The van der Waals surface area contributed by atoms with Gasteiger partial charge >= 0.3 is 0 Å². The second kappa shape index (κ2) is 5.62. The zero-order valence-corrected chi connectivity index (χ0v) is 12.1. The number of aromatic nitrogens is 1. The predicted molar refractivity (Wildman–Crippen MR) is 70.2 cm³/mol. The topological polar surface area (TPSA) is 71.8 Å². The van der Waals surface area contributed by atoms with Crippen LogP contribution in [-0.4, -0.2) is 48.7 Å². The average Bonchev–Trinajstić information content (AvgIpc) is 3.05. The van der Waals surface area contributed by atoms with Crippen molar-refractivity contribution in [3.63, 3.8) is 0 Å². The number of hydrogen-bond acceptors (Lipinski definition) is 4. The first kappa shape index (κ1) is 14.5. The van der Waals surface area contributed by atoms with E-state index in [1.165, 1.54) is 4.31 Å². The Morgan fingerprint density at radius 1 is 1.53 bits per heavy atom. The van der Waals surface area contributed by atoms with Gasteiger partial charge in [0.2, 0.25) is 10.0 Å². The lowest BCUT2D eigenvalue weighted by Gasteiger charge is -2.15. The number of hydrogen-bond donors (Lipinski definition) is 1. The lowest BCUT2D eigenvalue weighted by atomic mass is 10.3. The number of aliphatic hydroxyl groups excluding tert-OH is 1. The van der Waals surface area contributed by atoms with E-state index in [-0.39, 0.29) is 17.6 Å². The molecule has 7 heteroatoms. The van der Waals surface area contributed by atoms with Crippen LogP contribution in [0, 0.1) is 0 Å². The summed E-state index contributed by atoms with van der Waals surface area (Å²) in [5.41, 5.74) is 0.614. The number of ether oxygens (including phenoxy) is 1. The summed E-state index contributed by atoms with van der Waals surface area (Å²) < 4.78 is 33.3. The zero-order valence-electron chi connectivity index (χ0n) is 11.2. The number of rotatable bonds is 5. The summed E-state index contributed by atoms with van der Waals surface area (Å²) in [6.45, 7) is 3.25. The summed E-state index contributed by atoms with van der Waals surface area (Å²) in [7, 11) is -1.89. The molecule has 0 saturated carbocycles. The average molecular weight is 288 g/mol. The highest BCUT2D eigenvalue weighted by Crippen LogP contribution is 2.24. The standard InChI is InChI=1S/C12H20N2O4S/c1-3-13-8-12(6-10(13)9-15)19(16,17)14-5-4-11(7-14)18-2/h6,8,11,15H,3-5,7,9H2,1-2H3. The zero-order chi connectivity index (χ0) is 14.0. The number of sulfonamides is 1. The van der Waals surface area contributed by atoms with Crippen molar-refractivity contribution in [1.29, 1.82) is 0 Å². The van der Waals surface area contributed by atoms with Crippen molar-refractivity contribution in [2.45, 2.75) is 37.5 Å². The predicted octanol–water partition coefficient (Wildman–Crippen LogP) is 0.410. The number of aryl methyl sites for hydroxylation is 1. The molecule has 108 valence electrons. The fourth-order valence-corrected chi connectivity index (χ4v) is 3.90. The molecule has 6 nitrogen and oxygen atoms in total. The van der Waals surface area contributed by atoms with Crippen LogP contribution in [0.15, 0.2) is 17.2 Å². The van der Waals surface area contributed by atoms with Gasteiger partial charge in [0.25, 0.3) is 0 Å². The summed E-state index contributed by atoms with van der Waals surface area (Å²) in [5.74, 6) is 0. The molecule has 1 fully saturated rings. The van der Waals surface area contributed by atoms with Crippen LogP contribution in [0.1, 0.15) is 19.0 Å². The molecule has 1 aliphatic heterocycles. The maximum absolute atomic E-state index is 12.5. The van der Waals surface area contributed by atoms with Gasteiger partial charge in [-0.25, -0.2) is 8.42 Å². The molecule has 1 aromatic heterocycles. The van der Waals surface area contributed by atoms with E-state index >= 15 is 0 Å². The van der Waals surface area contributed by atoms with Crippen LogP contribution >= 0.6 is 0 Å². The minimum atomic E-state index is -3.48. The van der Waals surface area contributed by atoms with Crippen LogP contribution < -0.4 is 0 Å². The van der Waals surface area contributed by atoms with Crippen molar-refractivity contribution in [2.75, 3.05) is 20.2 Å². The minimum Gasteiger partial charge on any atom is -0.390 e. The summed E-state index contributed by atoms with van der Waals surface area (Å²) >= 11 is 0. The third-order valence-electron chi connectivity index (χ3n) is 3.54. The van der Waals surface area contributed by atoms with E-state index in [4.69, 9.17) is 4.74 Å². The fourth-order valence-electron chi connectivity index (χ4n) is 2.35. The van der Waals surface area contributed by atoms with Crippen molar-refractivity contribution in [3.05, 3.63) is 18.0 Å². The molecule has 0 radical (unpaired) electrons. The first-order valence-electron chi connectivity index (χ1n) is 6.35. The highest BCUT2D eigenvalue weighted by molar-refractivity contribution is 7.89. The third kappa shape index (κ3) is 2.69. The van der Waals surface area contributed by atoms with E-state index < -0.39 is 10.0 Å². The van der Waals surface area contributed by atoms with Crippen molar-refractivity contribution in [2.24, 2.45) is 0 Å². The molecule has 0 bridgehead atoms. The minimum absolute atomic E-state index is 0.0275. The summed E-state index contributed by atoms with van der Waals surface area (Å²) in [5, 5.41) is 9.22. The molecule has 1 atom stereocenters. The molecule has 2 heterocycles. The Kier molecular flexibility index (Phi) is 4.29. The molecule has 2 rings (SSSR count). The Labute approximate surface area is 113 Å². The fraction of sp³-hybridized carbons (Fsp3) is 0.667. The molecular weight excluding hydrogens is 268 g/mol. The molecule has 1 unspecified atom stereocenters. The van der Waals surface area contributed by atoms with Crippen LogP contribution in [0.2, 0.25) is 0 Å². The van der Waals surface area contributed by atoms with E-state index in [1.807, 2.05) is 6.92 Å². The lowest BCUT2D eigenvalue weighted by Crippen LogP contribution is -2.29. The maximum Gasteiger partial charge on any atom is 0.244 e. The molecule has 1 aromatic rings. The van der Waals surface area contributed by atoms with Crippen LogP contribution in [-0.2, 0) is 27.9 Å². The Balaban J connectivity index is 2.27. The molecule has 0 aliphatic carbocycles. The molecular formula is C12H20N2O4S. The molecule has 1 aliphatic rings. The highest BCUT2D eigenvalue weighted by Gasteiger charge is 2.33. The molecule has 19 heavy (non-hydrogen) atoms. The van der Waals surface area contributed by atoms with E-state index in [0.717, 1.165) is 6.42 Å². The van der Waals surface area contributed by atoms with Gasteiger partial charge in [-0.15, -0.1) is 0 Å². The SMILES string of the molecule is CCn1cc(S(=O)(=O)N2CCC(OC)C2)cc1CO. The number of methoxy groups -OCH3 is 1. The Hall–Kier alpha value is -0.890. The summed E-state index contributed by atoms with van der Waals surface area (Å²) in [6.07, 6.45) is 2.28. The van der Waals surface area contributed by atoms with Gasteiger partial charge in [-0.2, -0.15) is 4.31 Å². The van der Waals surface area contributed by atoms with E-state index in [1.54, 1.807) is 23.9 Å². The second-order valence-electron chi connectivity index (χ2n) is 4.62. The van der Waals surface area contributed by atoms with Crippen LogP contribution in [0.25, 0.3) is 0 Å². The quantitative estimate of drug-likeness (QED) is 0.852. The molecule has 0 amide bonds. The summed E-state index contributed by atoms with van der Waals surface area (Å²) in [4.78, 5) is 0.246. The highest BCUT2D eigenvalue weighted by atomic mass is 32.2. The number of aliphatic hydroxyl groups is 1. The van der Waals surface area contributed by atoms with Gasteiger partial charge in [0.1, 0.15) is 4.90 Å². The van der Waals surface area contributed by atoms with Crippen LogP contribution in [0.5, 0.6) is 0 Å². The van der Waals surface area contributed by atoms with E-state index in [9.17, 15) is 13.5 Å². The normalized spacial score (nSPS) is 21.1. The lowest BCUT2D eigenvalue weighted by molar-refractivity contribution is 0.115. The van der Waals surface area contributed by atoms with E-state index in [2.05, 4.69) is 0 Å². The Bertz CT molecular complexity index is 516. The summed E-state index contributed by atoms with van der Waals surface area (Å²) in [6, 6.07) is 1.54. The van der Waals surface area contributed by atoms with Crippen molar-refractivity contribution in [1.82, 2.24) is 8.87 Å². The van der Waals surface area contributed by atoms with Crippen molar-refractivity contribution >= 4 is 10.0 Å². The van der Waals surface area contributed by atoms with Gasteiger partial charge in [0, 0.05) is 38.6 Å². The molecule has 1 N–H and O–H groups in total. The van der Waals surface area contributed by atoms with Crippen molar-refractivity contribution in [3.8, 4) is 0 Å². The van der Waals surface area contributed by atoms with Gasteiger partial charge < -0.3 is 14.4 Å².